The second-order valence-corrected chi connectivity index (χ2v) is 13.9. The van der Waals surface area contributed by atoms with Crippen molar-refractivity contribution in [2.24, 2.45) is 0 Å². The van der Waals surface area contributed by atoms with Gasteiger partial charge in [0, 0.05) is 43.4 Å². The largest absolute Gasteiger partial charge is 0.333 e. The zero-order chi connectivity index (χ0) is 34.6. The first kappa shape index (κ1) is 30.2. The van der Waals surface area contributed by atoms with E-state index >= 15 is 0 Å². The van der Waals surface area contributed by atoms with E-state index in [0.29, 0.717) is 5.56 Å². The molecule has 0 N–H and O–H groups in total. The molecule has 0 bridgehead atoms. The Balaban J connectivity index is 1.12. The van der Waals surface area contributed by atoms with Gasteiger partial charge in [-0.05, 0) is 107 Å². The van der Waals surface area contributed by atoms with E-state index in [2.05, 4.69) is 179 Å². The fourth-order valence-corrected chi connectivity index (χ4v) is 8.44. The third-order valence-corrected chi connectivity index (χ3v) is 10.9. The van der Waals surface area contributed by atoms with Crippen molar-refractivity contribution in [3.63, 3.8) is 0 Å². The van der Waals surface area contributed by atoms with E-state index in [1.165, 1.54) is 71.5 Å². The van der Waals surface area contributed by atoms with E-state index in [4.69, 9.17) is 0 Å². The van der Waals surface area contributed by atoms with Crippen molar-refractivity contribution in [2.45, 2.75) is 25.3 Å². The Morgan fingerprint density at radius 1 is 0.558 bits per heavy atom. The van der Waals surface area contributed by atoms with Gasteiger partial charge in [-0.1, -0.05) is 115 Å². The van der Waals surface area contributed by atoms with Crippen LogP contribution < -0.4 is 10.6 Å². The van der Waals surface area contributed by atoms with E-state index in [9.17, 15) is 5.26 Å². The predicted molar refractivity (Wildman–Crippen MR) is 216 cm³/mol. The van der Waals surface area contributed by atoms with Crippen LogP contribution in [0.3, 0.4) is 0 Å². The van der Waals surface area contributed by atoms with Crippen LogP contribution in [0.1, 0.15) is 36.4 Å². The Morgan fingerprint density at radius 2 is 1.21 bits per heavy atom. The average molecular weight is 666 g/mol. The number of hydrogen-bond donors (Lipinski definition) is 0. The summed E-state index contributed by atoms with van der Waals surface area (Å²) in [4.78, 5) is 0. The second-order valence-electron chi connectivity index (χ2n) is 13.9. The molecule has 2 heterocycles. The van der Waals surface area contributed by atoms with Crippen LogP contribution in [0.25, 0.3) is 78.4 Å². The summed E-state index contributed by atoms with van der Waals surface area (Å²) in [7, 11) is 0. The standard InChI is InChI=1S/C49H35N3/c50-32-33-21-24-47-43(27-33)45-31-39(23-26-49(45)52(47)41-18-10-16-37(29-41)35-13-5-2-6-14-35)38-22-25-48-44(30-38)42-19-7-8-20-46(42)51(48)40-17-9-15-36(28-40)34-11-3-1-4-12-34/h1-6,9-17,19-31,41H,7-8,18H2. The molecular formula is C49H35N3. The molecule has 3 heteroatoms. The molecule has 3 nitrogen and oxygen atoms in total. The fourth-order valence-electron chi connectivity index (χ4n) is 8.44. The van der Waals surface area contributed by atoms with Crippen molar-refractivity contribution in [3.8, 4) is 34.0 Å². The van der Waals surface area contributed by atoms with Gasteiger partial charge in [-0.3, -0.25) is 0 Å². The highest BCUT2D eigenvalue weighted by atomic mass is 15.0. The Morgan fingerprint density at radius 3 is 2.00 bits per heavy atom. The maximum absolute atomic E-state index is 9.89. The lowest BCUT2D eigenvalue weighted by molar-refractivity contribution is 0.650. The van der Waals surface area contributed by atoms with Gasteiger partial charge in [0.1, 0.15) is 0 Å². The molecule has 6 aromatic carbocycles. The number of benzene rings is 6. The molecule has 2 aliphatic carbocycles. The Bertz CT molecular complexity index is 2930. The van der Waals surface area contributed by atoms with Crippen LogP contribution in [0.2, 0.25) is 0 Å². The van der Waals surface area contributed by atoms with Gasteiger partial charge < -0.3 is 9.13 Å². The number of allylic oxidation sites excluding steroid dienone is 4. The van der Waals surface area contributed by atoms with Crippen LogP contribution in [0, 0.1) is 11.3 Å². The number of aromatic nitrogens is 2. The van der Waals surface area contributed by atoms with E-state index in [1.54, 1.807) is 0 Å². The zero-order valence-electron chi connectivity index (χ0n) is 28.7. The third kappa shape index (κ3) is 4.95. The molecule has 10 rings (SSSR count). The van der Waals surface area contributed by atoms with Crippen molar-refractivity contribution in [2.75, 3.05) is 0 Å². The molecule has 2 aromatic heterocycles. The summed E-state index contributed by atoms with van der Waals surface area (Å²) in [6.45, 7) is 0. The topological polar surface area (TPSA) is 33.6 Å². The maximum atomic E-state index is 9.89. The molecule has 0 fully saturated rings. The lowest BCUT2D eigenvalue weighted by atomic mass is 9.96. The molecule has 0 amide bonds. The minimum atomic E-state index is 0.161. The summed E-state index contributed by atoms with van der Waals surface area (Å²) in [5.74, 6) is 0. The monoisotopic (exact) mass is 665 g/mol. The first-order valence-corrected chi connectivity index (χ1v) is 18.2. The van der Waals surface area contributed by atoms with Gasteiger partial charge in [-0.15, -0.1) is 0 Å². The number of rotatable bonds is 5. The quantitative estimate of drug-likeness (QED) is 0.180. The minimum Gasteiger partial charge on any atom is -0.333 e. The van der Waals surface area contributed by atoms with Crippen LogP contribution in [0.5, 0.6) is 0 Å². The first-order chi connectivity index (χ1) is 25.7. The SMILES string of the molecule is N#Cc1ccc2c(c1)c1cc(-c3ccc4c(c3)c3c(n4-c4cccc(-c5ccccc5)c4)=CCCC=3)ccc1n2C1C=C(c2ccccc2)C=CC1. The summed E-state index contributed by atoms with van der Waals surface area (Å²) in [6.07, 6.45) is 14.7. The van der Waals surface area contributed by atoms with Crippen molar-refractivity contribution < 1.29 is 0 Å². The van der Waals surface area contributed by atoms with Crippen LogP contribution in [0.15, 0.2) is 158 Å². The number of nitrogens with zero attached hydrogens (tertiary/aromatic N) is 3. The van der Waals surface area contributed by atoms with Crippen LogP contribution in [0.4, 0.5) is 0 Å². The van der Waals surface area contributed by atoms with E-state index in [-0.39, 0.29) is 6.04 Å². The van der Waals surface area contributed by atoms with Crippen molar-refractivity contribution in [1.82, 2.24) is 9.13 Å². The van der Waals surface area contributed by atoms with E-state index in [1.807, 2.05) is 6.07 Å². The summed E-state index contributed by atoms with van der Waals surface area (Å²) in [6, 6.07) is 52.6. The van der Waals surface area contributed by atoms with Gasteiger partial charge in [0.05, 0.1) is 23.2 Å². The third-order valence-electron chi connectivity index (χ3n) is 10.9. The van der Waals surface area contributed by atoms with Gasteiger partial charge in [-0.2, -0.15) is 5.26 Å². The lowest BCUT2D eigenvalue weighted by Gasteiger charge is -2.21. The lowest BCUT2D eigenvalue weighted by Crippen LogP contribution is -2.30. The van der Waals surface area contributed by atoms with Gasteiger partial charge in [0.25, 0.3) is 0 Å². The number of nitriles is 1. The highest BCUT2D eigenvalue weighted by Gasteiger charge is 2.21. The Kier molecular flexibility index (Phi) is 7.15. The molecule has 8 aromatic rings. The molecule has 0 saturated carbocycles. The molecule has 246 valence electrons. The van der Waals surface area contributed by atoms with Gasteiger partial charge in [0.15, 0.2) is 0 Å². The number of fused-ring (bicyclic) bond motifs is 6. The summed E-state index contributed by atoms with van der Waals surface area (Å²) in [5, 5.41) is 16.0. The van der Waals surface area contributed by atoms with Crippen LogP contribution in [-0.4, -0.2) is 9.13 Å². The molecule has 1 unspecified atom stereocenters. The molecule has 2 aliphatic rings. The molecular weight excluding hydrogens is 631 g/mol. The van der Waals surface area contributed by atoms with Crippen molar-refractivity contribution in [1.29, 1.82) is 5.26 Å². The highest BCUT2D eigenvalue weighted by Crippen LogP contribution is 2.39. The fraction of sp³-hybridized carbons (Fsp3) is 0.0816. The highest BCUT2D eigenvalue weighted by molar-refractivity contribution is 6.10. The second kappa shape index (κ2) is 12.3. The van der Waals surface area contributed by atoms with Crippen molar-refractivity contribution in [3.05, 3.63) is 179 Å². The first-order valence-electron chi connectivity index (χ1n) is 18.2. The smallest absolute Gasteiger partial charge is 0.0991 e. The normalized spacial score (nSPS) is 15.2. The predicted octanol–water partition coefficient (Wildman–Crippen LogP) is 10.9. The number of hydrogen-bond acceptors (Lipinski definition) is 1. The van der Waals surface area contributed by atoms with Gasteiger partial charge >= 0.3 is 0 Å². The van der Waals surface area contributed by atoms with E-state index in [0.717, 1.165) is 30.2 Å². The van der Waals surface area contributed by atoms with Crippen molar-refractivity contribution >= 4 is 50.4 Å². The molecule has 0 saturated heterocycles. The Labute approximate surface area is 302 Å². The minimum absolute atomic E-state index is 0.161. The summed E-state index contributed by atoms with van der Waals surface area (Å²) < 4.78 is 4.91. The Hall–Kier alpha value is -6.63. The molecule has 1 atom stereocenters. The summed E-state index contributed by atoms with van der Waals surface area (Å²) in [5.41, 5.74) is 12.7. The van der Waals surface area contributed by atoms with Gasteiger partial charge in [-0.25, -0.2) is 0 Å². The molecule has 0 aliphatic heterocycles. The molecule has 52 heavy (non-hydrogen) atoms. The van der Waals surface area contributed by atoms with Gasteiger partial charge in [0.2, 0.25) is 0 Å². The van der Waals surface area contributed by atoms with Crippen LogP contribution in [-0.2, 0) is 0 Å². The molecule has 0 radical (unpaired) electrons. The average Bonchev–Trinajstić information content (AvgIpc) is 3.73. The van der Waals surface area contributed by atoms with Crippen LogP contribution >= 0.6 is 0 Å². The van der Waals surface area contributed by atoms with E-state index < -0.39 is 0 Å². The summed E-state index contributed by atoms with van der Waals surface area (Å²) >= 11 is 0. The zero-order valence-corrected chi connectivity index (χ0v) is 28.7. The maximum Gasteiger partial charge on any atom is 0.0991 e. The molecule has 0 spiro atoms.